The van der Waals surface area contributed by atoms with Crippen LogP contribution in [-0.2, 0) is 14.1 Å². The molecule has 6 nitrogen and oxygen atoms in total. The summed E-state index contributed by atoms with van der Waals surface area (Å²) in [5.74, 6) is -14.5. The molecule has 2 unspecified atom stereocenters. The number of para-hydroxylation sites is 1. The summed E-state index contributed by atoms with van der Waals surface area (Å²) >= 11 is 0. The Bertz CT molecular complexity index is 995. The Morgan fingerprint density at radius 2 is 1.48 bits per heavy atom. The van der Waals surface area contributed by atoms with Gasteiger partial charge in [0.1, 0.15) is 17.9 Å². The molecule has 0 amide bonds. The van der Waals surface area contributed by atoms with E-state index in [-0.39, 0.29) is 5.75 Å². The molecule has 0 fully saturated rings. The molecule has 0 aliphatic heterocycles. The predicted molar refractivity (Wildman–Crippen MR) is 109 cm³/mol. The lowest BCUT2D eigenvalue weighted by Crippen LogP contribution is -2.37. The lowest BCUT2D eigenvalue weighted by atomic mass is 10.1. The highest BCUT2D eigenvalue weighted by Gasteiger charge is 2.38. The third-order valence-corrected chi connectivity index (χ3v) is 5.98. The van der Waals surface area contributed by atoms with Crippen LogP contribution in [-0.4, -0.2) is 18.1 Å². The third kappa shape index (κ3) is 6.68. The Kier molecular flexibility index (Phi) is 9.25. The van der Waals surface area contributed by atoms with Gasteiger partial charge in [-0.25, -0.2) is 17.7 Å². The fourth-order valence-electron chi connectivity index (χ4n) is 2.70. The van der Waals surface area contributed by atoms with Gasteiger partial charge in [-0.2, -0.15) is 13.9 Å². The van der Waals surface area contributed by atoms with E-state index >= 15 is 0 Å². The Hall–Kier alpha value is -2.65. The minimum atomic E-state index is -4.94. The Labute approximate surface area is 187 Å². The van der Waals surface area contributed by atoms with Crippen LogP contribution in [0, 0.1) is 29.1 Å². The van der Waals surface area contributed by atoms with E-state index in [0.717, 1.165) is 6.42 Å². The lowest BCUT2D eigenvalue weighted by molar-refractivity contribution is -0.151. The number of hydrogen-bond acceptors (Lipinski definition) is 5. The average molecular weight is 495 g/mol. The molecule has 12 heteroatoms. The van der Waals surface area contributed by atoms with Gasteiger partial charge in [0.25, 0.3) is 0 Å². The second-order valence-electron chi connectivity index (χ2n) is 7.00. The van der Waals surface area contributed by atoms with Crippen LogP contribution >= 0.6 is 7.75 Å². The summed E-state index contributed by atoms with van der Waals surface area (Å²) in [6, 6.07) is 5.71. The molecule has 0 aromatic heterocycles. The maximum absolute atomic E-state index is 14.1. The Morgan fingerprint density at radius 1 is 0.939 bits per heavy atom. The lowest BCUT2D eigenvalue weighted by Gasteiger charge is -2.24. The summed E-state index contributed by atoms with van der Waals surface area (Å²) in [6.45, 7) is 4.89. The molecule has 182 valence electrons. The molecule has 1 N–H and O–H groups in total. The van der Waals surface area contributed by atoms with E-state index in [1.165, 1.54) is 31.2 Å². The van der Waals surface area contributed by atoms with Gasteiger partial charge in [-0.3, -0.25) is 4.79 Å². The van der Waals surface area contributed by atoms with Gasteiger partial charge in [0, 0.05) is 0 Å². The van der Waals surface area contributed by atoms with Gasteiger partial charge in [-0.05, 0) is 31.9 Å². The zero-order valence-corrected chi connectivity index (χ0v) is 18.9. The highest BCUT2D eigenvalue weighted by Crippen LogP contribution is 2.47. The zero-order valence-electron chi connectivity index (χ0n) is 18.0. The van der Waals surface area contributed by atoms with E-state index in [0.29, 0.717) is 12.8 Å². The molecule has 3 atom stereocenters. The van der Waals surface area contributed by atoms with E-state index in [9.17, 15) is 31.3 Å². The summed E-state index contributed by atoms with van der Waals surface area (Å²) in [5.41, 5.74) is 0. The first-order chi connectivity index (χ1) is 15.5. The largest absolute Gasteiger partial charge is 0.513 e. The maximum Gasteiger partial charge on any atom is 0.513 e. The molecule has 0 bridgehead atoms. The SMILES string of the molecule is CCCC(CC)OC(=O)[C@H](C)NP(=O)(Oc1ccccc1)Oc1c(F)c(F)c(F)c(F)c1F. The smallest absolute Gasteiger partial charge is 0.461 e. The summed E-state index contributed by atoms with van der Waals surface area (Å²) in [7, 11) is -4.94. The van der Waals surface area contributed by atoms with Crippen molar-refractivity contribution in [2.24, 2.45) is 0 Å². The van der Waals surface area contributed by atoms with Crippen molar-refractivity contribution in [2.45, 2.75) is 52.2 Å². The number of ether oxygens (including phenoxy) is 1. The normalized spacial score (nSPS) is 14.8. The average Bonchev–Trinajstić information content (AvgIpc) is 2.79. The minimum Gasteiger partial charge on any atom is -0.461 e. The van der Waals surface area contributed by atoms with Crippen LogP contribution in [0.5, 0.6) is 11.5 Å². The molecule has 0 aliphatic rings. The molecule has 2 aromatic carbocycles. The Balaban J connectivity index is 2.38. The molecular weight excluding hydrogens is 472 g/mol. The standard InChI is InChI=1S/C21H23F5NO5P/c1-4-9-13(5-2)30-21(28)12(3)27-33(29,31-14-10-7-6-8-11-14)32-20-18(25)16(23)15(22)17(24)19(20)26/h6-8,10-13H,4-5,9H2,1-3H3,(H,27,29)/t12-,13?,33?/m0/s1. The molecule has 0 saturated heterocycles. The number of rotatable bonds is 11. The second-order valence-corrected chi connectivity index (χ2v) is 8.62. The first kappa shape index (κ1) is 26.6. The van der Waals surface area contributed by atoms with Crippen LogP contribution in [0.4, 0.5) is 22.0 Å². The van der Waals surface area contributed by atoms with Crippen molar-refractivity contribution in [3.8, 4) is 11.5 Å². The van der Waals surface area contributed by atoms with E-state index in [1.54, 1.807) is 13.0 Å². The van der Waals surface area contributed by atoms with Crippen LogP contribution in [0.2, 0.25) is 0 Å². The number of esters is 1. The number of carbonyl (C=O) groups excluding carboxylic acids is 1. The summed E-state index contributed by atoms with van der Waals surface area (Å²) < 4.78 is 97.3. The van der Waals surface area contributed by atoms with E-state index in [4.69, 9.17) is 13.8 Å². The molecular formula is C21H23F5NO5P. The number of hydrogen-bond donors (Lipinski definition) is 1. The number of halogens is 5. The van der Waals surface area contributed by atoms with Gasteiger partial charge in [-0.15, -0.1) is 0 Å². The van der Waals surface area contributed by atoms with Crippen molar-refractivity contribution in [1.29, 1.82) is 0 Å². The predicted octanol–water partition coefficient (Wildman–Crippen LogP) is 6.05. The second kappa shape index (κ2) is 11.5. The number of benzene rings is 2. The van der Waals surface area contributed by atoms with Gasteiger partial charge < -0.3 is 13.8 Å². The molecule has 33 heavy (non-hydrogen) atoms. The molecule has 2 rings (SSSR count). The minimum absolute atomic E-state index is 0.129. The highest BCUT2D eigenvalue weighted by atomic mass is 31.2. The van der Waals surface area contributed by atoms with Crippen molar-refractivity contribution in [2.75, 3.05) is 0 Å². The topological polar surface area (TPSA) is 73.9 Å². The number of nitrogens with one attached hydrogen (secondary N) is 1. The quantitative estimate of drug-likeness (QED) is 0.135. The van der Waals surface area contributed by atoms with E-state index in [1.807, 2.05) is 6.92 Å². The van der Waals surface area contributed by atoms with Crippen molar-refractivity contribution in [3.63, 3.8) is 0 Å². The highest BCUT2D eigenvalue weighted by molar-refractivity contribution is 7.52. The zero-order chi connectivity index (χ0) is 24.8. The first-order valence-electron chi connectivity index (χ1n) is 10.1. The van der Waals surface area contributed by atoms with Gasteiger partial charge in [0.2, 0.25) is 34.8 Å². The third-order valence-electron chi connectivity index (χ3n) is 4.40. The first-order valence-corrected chi connectivity index (χ1v) is 11.6. The van der Waals surface area contributed by atoms with Crippen LogP contribution in [0.15, 0.2) is 30.3 Å². The fraction of sp³-hybridized carbons (Fsp3) is 0.381. The monoisotopic (exact) mass is 495 g/mol. The maximum atomic E-state index is 14.1. The molecule has 0 aliphatic carbocycles. The molecule has 0 spiro atoms. The van der Waals surface area contributed by atoms with Crippen LogP contribution in [0.25, 0.3) is 0 Å². The van der Waals surface area contributed by atoms with Crippen LogP contribution < -0.4 is 14.1 Å². The van der Waals surface area contributed by atoms with Crippen LogP contribution in [0.1, 0.15) is 40.0 Å². The van der Waals surface area contributed by atoms with Gasteiger partial charge in [0.15, 0.2) is 0 Å². The van der Waals surface area contributed by atoms with Gasteiger partial charge in [0.05, 0.1) is 0 Å². The van der Waals surface area contributed by atoms with Crippen molar-refractivity contribution < 1.29 is 45.1 Å². The van der Waals surface area contributed by atoms with Crippen molar-refractivity contribution in [1.82, 2.24) is 5.09 Å². The van der Waals surface area contributed by atoms with Gasteiger partial charge in [-0.1, -0.05) is 38.5 Å². The van der Waals surface area contributed by atoms with Crippen LogP contribution in [0.3, 0.4) is 0 Å². The van der Waals surface area contributed by atoms with E-state index in [2.05, 4.69) is 5.09 Å². The van der Waals surface area contributed by atoms with Crippen molar-refractivity contribution >= 4 is 13.7 Å². The van der Waals surface area contributed by atoms with Crippen molar-refractivity contribution in [3.05, 3.63) is 59.4 Å². The van der Waals surface area contributed by atoms with Gasteiger partial charge >= 0.3 is 13.7 Å². The fourth-order valence-corrected chi connectivity index (χ4v) is 4.22. The summed E-state index contributed by atoms with van der Waals surface area (Å²) in [4.78, 5) is 12.4. The molecule has 2 aromatic rings. The molecule has 0 radical (unpaired) electrons. The number of carbonyl (C=O) groups is 1. The summed E-state index contributed by atoms with van der Waals surface area (Å²) in [5, 5.41) is 2.13. The van der Waals surface area contributed by atoms with E-state index < -0.39 is 60.7 Å². The molecule has 0 heterocycles. The molecule has 0 saturated carbocycles. The Morgan fingerprint density at radius 3 is 2.00 bits per heavy atom. The summed E-state index contributed by atoms with van der Waals surface area (Å²) in [6.07, 6.45) is 1.36.